The van der Waals surface area contributed by atoms with Gasteiger partial charge in [0.2, 0.25) is 0 Å². The first-order chi connectivity index (χ1) is 8.08. The Morgan fingerprint density at radius 3 is 1.79 bits per heavy atom. The highest BCUT2D eigenvalue weighted by atomic mass is 32.2. The van der Waals surface area contributed by atoms with E-state index in [-0.39, 0.29) is 0 Å². The molecule has 19 heavy (non-hydrogen) atoms. The second-order valence-electron chi connectivity index (χ2n) is 4.65. The molecule has 5 nitrogen and oxygen atoms in total. The Bertz CT molecular complexity index is 455. The molecule has 0 heterocycles. The molecule has 1 N–H and O–H groups in total. The van der Waals surface area contributed by atoms with Crippen molar-refractivity contribution < 1.29 is 40.1 Å². The van der Waals surface area contributed by atoms with E-state index in [1.807, 2.05) is 0 Å². The van der Waals surface area contributed by atoms with Gasteiger partial charge in [0.05, 0.1) is 5.92 Å². The number of halogens is 4. The summed E-state index contributed by atoms with van der Waals surface area (Å²) in [4.78, 5) is 11.2. The number of ether oxygens (including phenoxy) is 1. The van der Waals surface area contributed by atoms with Crippen LogP contribution in [0, 0.1) is 5.92 Å². The second kappa shape index (κ2) is 4.89. The summed E-state index contributed by atoms with van der Waals surface area (Å²) >= 11 is 0. The van der Waals surface area contributed by atoms with Gasteiger partial charge in [0.15, 0.2) is 5.60 Å². The first kappa shape index (κ1) is 18.1. The molecule has 0 saturated carbocycles. The van der Waals surface area contributed by atoms with Crippen LogP contribution in [0.15, 0.2) is 0 Å². The molecule has 0 aliphatic heterocycles. The van der Waals surface area contributed by atoms with E-state index in [1.165, 1.54) is 13.8 Å². The summed E-state index contributed by atoms with van der Waals surface area (Å²) < 4.78 is 86.3. The minimum absolute atomic E-state index is 0.423. The molecule has 0 fully saturated rings. The third-order valence-corrected chi connectivity index (χ3v) is 3.18. The summed E-state index contributed by atoms with van der Waals surface area (Å²) in [6.45, 7) is 3.40. The maximum atomic E-state index is 13.5. The quantitative estimate of drug-likeness (QED) is 0.478. The number of hydrogen-bond donors (Lipinski definition) is 1. The summed E-state index contributed by atoms with van der Waals surface area (Å²) in [5.41, 5.74) is -3.13. The van der Waals surface area contributed by atoms with Crippen LogP contribution in [0.2, 0.25) is 0 Å². The predicted octanol–water partition coefficient (Wildman–Crippen LogP) is 2.08. The molecule has 0 aromatic rings. The summed E-state index contributed by atoms with van der Waals surface area (Å²) in [6.07, 6.45) is 0. The van der Waals surface area contributed by atoms with Gasteiger partial charge in [-0.2, -0.15) is 26.0 Å². The molecule has 0 bridgehead atoms. The standard InChI is InChI=1S/C9H14F4O5S/c1-5(2)6(14)18-7(3,4)8(10,11)9(12,13)19(15,16)17/h5H,1-4H3,(H,15,16,17). The average Bonchev–Trinajstić information content (AvgIpc) is 2.14. The largest absolute Gasteiger partial charge is 0.453 e. The molecule has 0 amide bonds. The Hall–Kier alpha value is -0.900. The fraction of sp³-hybridized carbons (Fsp3) is 0.889. The number of carbonyl (C=O) groups is 1. The summed E-state index contributed by atoms with van der Waals surface area (Å²) in [7, 11) is -6.37. The van der Waals surface area contributed by atoms with Gasteiger partial charge in [-0.25, -0.2) is 0 Å². The Labute approximate surface area is 107 Å². The summed E-state index contributed by atoms with van der Waals surface area (Å²) in [5.74, 6) is -7.41. The molecule has 10 heteroatoms. The van der Waals surface area contributed by atoms with E-state index in [1.54, 1.807) is 0 Å². The molecule has 0 rings (SSSR count). The highest BCUT2D eigenvalue weighted by Crippen LogP contribution is 2.46. The Kier molecular flexibility index (Phi) is 4.66. The third kappa shape index (κ3) is 3.16. The van der Waals surface area contributed by atoms with Gasteiger partial charge in [-0.05, 0) is 13.8 Å². The van der Waals surface area contributed by atoms with Crippen LogP contribution in [0.1, 0.15) is 27.7 Å². The highest BCUT2D eigenvalue weighted by Gasteiger charge is 2.73. The number of alkyl halides is 4. The van der Waals surface area contributed by atoms with Crippen molar-refractivity contribution >= 4 is 16.1 Å². The maximum Gasteiger partial charge on any atom is 0.435 e. The van der Waals surface area contributed by atoms with E-state index >= 15 is 0 Å². The topological polar surface area (TPSA) is 80.7 Å². The van der Waals surface area contributed by atoms with E-state index in [9.17, 15) is 30.8 Å². The Balaban J connectivity index is 5.58. The van der Waals surface area contributed by atoms with Crippen molar-refractivity contribution in [2.75, 3.05) is 0 Å². The maximum absolute atomic E-state index is 13.5. The second-order valence-corrected chi connectivity index (χ2v) is 6.12. The van der Waals surface area contributed by atoms with Gasteiger partial charge in [0.25, 0.3) is 0 Å². The van der Waals surface area contributed by atoms with Crippen molar-refractivity contribution in [2.45, 2.75) is 44.5 Å². The van der Waals surface area contributed by atoms with Crippen LogP contribution >= 0.6 is 0 Å². The lowest BCUT2D eigenvalue weighted by Gasteiger charge is -2.36. The number of esters is 1. The van der Waals surface area contributed by atoms with Gasteiger partial charge in [-0.15, -0.1) is 0 Å². The number of hydrogen-bond acceptors (Lipinski definition) is 4. The molecule has 0 aliphatic rings. The van der Waals surface area contributed by atoms with Gasteiger partial charge >= 0.3 is 27.3 Å². The van der Waals surface area contributed by atoms with E-state index in [4.69, 9.17) is 4.55 Å². The Morgan fingerprint density at radius 2 is 1.53 bits per heavy atom. The highest BCUT2D eigenvalue weighted by molar-refractivity contribution is 7.87. The van der Waals surface area contributed by atoms with Crippen molar-refractivity contribution in [1.29, 1.82) is 0 Å². The molecule has 0 aliphatic carbocycles. The van der Waals surface area contributed by atoms with Gasteiger partial charge in [-0.3, -0.25) is 9.35 Å². The molecular formula is C9H14F4O5S. The third-order valence-electron chi connectivity index (χ3n) is 2.27. The van der Waals surface area contributed by atoms with E-state index < -0.39 is 38.8 Å². The van der Waals surface area contributed by atoms with Crippen molar-refractivity contribution in [1.82, 2.24) is 0 Å². The Morgan fingerprint density at radius 1 is 1.16 bits per heavy atom. The molecule has 0 aromatic heterocycles. The monoisotopic (exact) mass is 310 g/mol. The average molecular weight is 310 g/mol. The lowest BCUT2D eigenvalue weighted by molar-refractivity contribution is -0.259. The molecule has 0 unspecified atom stereocenters. The zero-order chi connectivity index (χ0) is 15.9. The minimum atomic E-state index is -6.37. The molecule has 0 atom stereocenters. The van der Waals surface area contributed by atoms with Crippen molar-refractivity contribution in [2.24, 2.45) is 5.92 Å². The van der Waals surface area contributed by atoms with Crippen LogP contribution in [0.5, 0.6) is 0 Å². The SMILES string of the molecule is CC(C)C(=O)OC(C)(C)C(F)(F)C(F)(F)S(=O)(=O)O. The predicted molar refractivity (Wildman–Crippen MR) is 56.5 cm³/mol. The molecule has 0 aromatic carbocycles. The van der Waals surface area contributed by atoms with Crippen LogP contribution in [-0.4, -0.2) is 35.7 Å². The van der Waals surface area contributed by atoms with Crippen LogP contribution in [0.4, 0.5) is 17.6 Å². The van der Waals surface area contributed by atoms with Gasteiger partial charge in [-0.1, -0.05) is 13.8 Å². The van der Waals surface area contributed by atoms with E-state index in [0.29, 0.717) is 13.8 Å². The smallest absolute Gasteiger partial charge is 0.435 e. The minimum Gasteiger partial charge on any atom is -0.453 e. The first-order valence-electron chi connectivity index (χ1n) is 5.03. The molecule has 114 valence electrons. The lowest BCUT2D eigenvalue weighted by Crippen LogP contribution is -2.60. The fourth-order valence-corrected chi connectivity index (χ4v) is 1.52. The van der Waals surface area contributed by atoms with Gasteiger partial charge in [0.1, 0.15) is 0 Å². The first-order valence-corrected chi connectivity index (χ1v) is 6.47. The number of carbonyl (C=O) groups excluding carboxylic acids is 1. The molecule has 0 spiro atoms. The van der Waals surface area contributed by atoms with Crippen molar-refractivity contribution in [3.63, 3.8) is 0 Å². The molecule has 0 radical (unpaired) electrons. The van der Waals surface area contributed by atoms with Crippen LogP contribution in [0.3, 0.4) is 0 Å². The zero-order valence-corrected chi connectivity index (χ0v) is 11.4. The summed E-state index contributed by atoms with van der Waals surface area (Å²) in [5, 5.41) is -5.79. The van der Waals surface area contributed by atoms with Crippen molar-refractivity contribution in [3.05, 3.63) is 0 Å². The molecule has 0 saturated heterocycles. The van der Waals surface area contributed by atoms with Crippen LogP contribution in [0.25, 0.3) is 0 Å². The van der Waals surface area contributed by atoms with E-state index in [0.717, 1.165) is 0 Å². The number of rotatable bonds is 5. The molecular weight excluding hydrogens is 296 g/mol. The fourth-order valence-electron chi connectivity index (χ4n) is 0.946. The summed E-state index contributed by atoms with van der Waals surface area (Å²) in [6, 6.07) is 0. The van der Waals surface area contributed by atoms with Crippen molar-refractivity contribution in [3.8, 4) is 0 Å². The zero-order valence-electron chi connectivity index (χ0n) is 10.6. The lowest BCUT2D eigenvalue weighted by atomic mass is 10.00. The van der Waals surface area contributed by atoms with Gasteiger partial charge < -0.3 is 4.74 Å². The van der Waals surface area contributed by atoms with Gasteiger partial charge in [0, 0.05) is 0 Å². The normalized spacial score (nSPS) is 14.6. The van der Waals surface area contributed by atoms with Crippen LogP contribution in [-0.2, 0) is 19.6 Å². The van der Waals surface area contributed by atoms with E-state index in [2.05, 4.69) is 4.74 Å². The van der Waals surface area contributed by atoms with Crippen LogP contribution < -0.4 is 0 Å².